The summed E-state index contributed by atoms with van der Waals surface area (Å²) in [5, 5.41) is 4.69. The van der Waals surface area contributed by atoms with Gasteiger partial charge < -0.3 is 15.0 Å². The monoisotopic (exact) mass is 459 g/mol. The zero-order chi connectivity index (χ0) is 24.2. The third kappa shape index (κ3) is 4.46. The number of methoxy groups -OCH3 is 1. The first-order chi connectivity index (χ1) is 16.4. The standard InChI is InChI=1S/C27H29N3O4/c1-4-15-28-26(32)18(2)29(16-19-11-13-21(34-3)14-12-19)24(31)17-30-23-10-6-8-20-7-5-9-22(25(20)23)27(30)33/h5-14,18H,4,15-17H2,1-3H3,(H,28,32). The van der Waals surface area contributed by atoms with Crippen LogP contribution in [0.4, 0.5) is 5.69 Å². The lowest BCUT2D eigenvalue weighted by molar-refractivity contribution is -0.139. The lowest BCUT2D eigenvalue weighted by Crippen LogP contribution is -2.51. The number of carbonyl (C=O) groups excluding carboxylic acids is 3. The lowest BCUT2D eigenvalue weighted by atomic mass is 10.1. The Balaban J connectivity index is 1.60. The van der Waals surface area contributed by atoms with E-state index in [2.05, 4.69) is 5.32 Å². The highest BCUT2D eigenvalue weighted by Gasteiger charge is 2.34. The SMILES string of the molecule is CCCNC(=O)C(C)N(Cc1ccc(OC)cc1)C(=O)CN1C(=O)c2cccc3cccc1c23. The van der Waals surface area contributed by atoms with E-state index in [4.69, 9.17) is 4.74 Å². The van der Waals surface area contributed by atoms with Crippen LogP contribution in [0, 0.1) is 0 Å². The molecule has 1 unspecified atom stereocenters. The summed E-state index contributed by atoms with van der Waals surface area (Å²) in [6.45, 7) is 4.32. The van der Waals surface area contributed by atoms with Gasteiger partial charge in [0.05, 0.1) is 12.8 Å². The van der Waals surface area contributed by atoms with Crippen molar-refractivity contribution in [2.75, 3.05) is 25.1 Å². The fourth-order valence-electron chi connectivity index (χ4n) is 4.27. The molecule has 4 rings (SSSR count). The number of amides is 3. The van der Waals surface area contributed by atoms with Gasteiger partial charge in [-0.1, -0.05) is 43.3 Å². The van der Waals surface area contributed by atoms with E-state index in [1.807, 2.05) is 61.5 Å². The molecule has 3 aromatic rings. The Morgan fingerprint density at radius 3 is 2.44 bits per heavy atom. The highest BCUT2D eigenvalue weighted by atomic mass is 16.5. The van der Waals surface area contributed by atoms with Crippen LogP contribution in [-0.4, -0.2) is 48.9 Å². The number of ether oxygens (including phenoxy) is 1. The molecule has 1 aliphatic heterocycles. The Hall–Kier alpha value is -3.87. The molecule has 0 aromatic heterocycles. The number of nitrogens with one attached hydrogen (secondary N) is 1. The van der Waals surface area contributed by atoms with E-state index >= 15 is 0 Å². The molecule has 34 heavy (non-hydrogen) atoms. The summed E-state index contributed by atoms with van der Waals surface area (Å²) >= 11 is 0. The predicted molar refractivity (Wildman–Crippen MR) is 132 cm³/mol. The van der Waals surface area contributed by atoms with Gasteiger partial charge >= 0.3 is 0 Å². The van der Waals surface area contributed by atoms with E-state index < -0.39 is 6.04 Å². The first-order valence-corrected chi connectivity index (χ1v) is 11.5. The Morgan fingerprint density at radius 1 is 1.06 bits per heavy atom. The first kappa shape index (κ1) is 23.3. The molecule has 0 saturated carbocycles. The topological polar surface area (TPSA) is 79.0 Å². The van der Waals surface area contributed by atoms with Crippen molar-refractivity contribution >= 4 is 34.2 Å². The Bertz CT molecular complexity index is 1220. The molecule has 3 amide bonds. The molecular weight excluding hydrogens is 430 g/mol. The van der Waals surface area contributed by atoms with Crippen LogP contribution in [0.3, 0.4) is 0 Å². The minimum absolute atomic E-state index is 0.145. The molecule has 7 heteroatoms. The fraction of sp³-hybridized carbons (Fsp3) is 0.296. The van der Waals surface area contributed by atoms with E-state index in [0.29, 0.717) is 17.9 Å². The molecule has 1 aliphatic rings. The smallest absolute Gasteiger partial charge is 0.259 e. The van der Waals surface area contributed by atoms with Crippen LogP contribution < -0.4 is 15.0 Å². The van der Waals surface area contributed by atoms with Crippen LogP contribution in [0.15, 0.2) is 60.7 Å². The van der Waals surface area contributed by atoms with Crippen molar-refractivity contribution in [3.63, 3.8) is 0 Å². The largest absolute Gasteiger partial charge is 0.497 e. The summed E-state index contributed by atoms with van der Waals surface area (Å²) in [6.07, 6.45) is 0.801. The lowest BCUT2D eigenvalue weighted by Gasteiger charge is -2.30. The predicted octanol–water partition coefficient (Wildman–Crippen LogP) is 3.75. The second-order valence-electron chi connectivity index (χ2n) is 8.41. The van der Waals surface area contributed by atoms with Gasteiger partial charge in [-0.15, -0.1) is 0 Å². The highest BCUT2D eigenvalue weighted by molar-refractivity contribution is 6.26. The van der Waals surface area contributed by atoms with Crippen LogP contribution in [0.5, 0.6) is 5.75 Å². The molecule has 0 radical (unpaired) electrons. The minimum Gasteiger partial charge on any atom is -0.497 e. The van der Waals surface area contributed by atoms with E-state index in [0.717, 1.165) is 28.4 Å². The van der Waals surface area contributed by atoms with Gasteiger partial charge in [0, 0.05) is 24.0 Å². The summed E-state index contributed by atoms with van der Waals surface area (Å²) in [5.74, 6) is -0.00788. The van der Waals surface area contributed by atoms with Crippen molar-refractivity contribution in [3.05, 3.63) is 71.8 Å². The molecule has 176 valence electrons. The number of nitrogens with zero attached hydrogens (tertiary/aromatic N) is 2. The maximum absolute atomic E-state index is 13.6. The van der Waals surface area contributed by atoms with Crippen LogP contribution >= 0.6 is 0 Å². The van der Waals surface area contributed by atoms with Crippen molar-refractivity contribution in [2.24, 2.45) is 0 Å². The van der Waals surface area contributed by atoms with Crippen LogP contribution in [0.1, 0.15) is 36.2 Å². The summed E-state index contributed by atoms with van der Waals surface area (Å²) in [4.78, 5) is 42.6. The van der Waals surface area contributed by atoms with E-state index in [1.165, 1.54) is 9.80 Å². The molecule has 0 spiro atoms. The van der Waals surface area contributed by atoms with Gasteiger partial charge in [-0.3, -0.25) is 19.3 Å². The zero-order valence-electron chi connectivity index (χ0n) is 19.7. The van der Waals surface area contributed by atoms with Gasteiger partial charge in [-0.2, -0.15) is 0 Å². The maximum atomic E-state index is 13.6. The van der Waals surface area contributed by atoms with E-state index in [1.54, 1.807) is 20.1 Å². The molecule has 0 aliphatic carbocycles. The summed E-state index contributed by atoms with van der Waals surface area (Å²) < 4.78 is 5.22. The molecular formula is C27H29N3O4. The van der Waals surface area contributed by atoms with Gasteiger partial charge in [0.2, 0.25) is 11.8 Å². The third-order valence-electron chi connectivity index (χ3n) is 6.17. The number of anilines is 1. The Labute approximate surface area is 199 Å². The molecule has 1 atom stereocenters. The summed E-state index contributed by atoms with van der Waals surface area (Å²) in [6, 6.07) is 18.0. The Kier molecular flexibility index (Phi) is 6.82. The van der Waals surface area contributed by atoms with Crippen molar-refractivity contribution in [1.82, 2.24) is 10.2 Å². The quantitative estimate of drug-likeness (QED) is 0.529. The van der Waals surface area contributed by atoms with Crippen LogP contribution in [0.25, 0.3) is 10.8 Å². The van der Waals surface area contributed by atoms with Gasteiger partial charge in [0.15, 0.2) is 0 Å². The zero-order valence-corrected chi connectivity index (χ0v) is 19.7. The molecule has 0 fully saturated rings. The van der Waals surface area contributed by atoms with Crippen molar-refractivity contribution in [1.29, 1.82) is 0 Å². The van der Waals surface area contributed by atoms with Gasteiger partial charge in [-0.05, 0) is 48.6 Å². The minimum atomic E-state index is -0.697. The Morgan fingerprint density at radius 2 is 1.76 bits per heavy atom. The number of carbonyl (C=O) groups is 3. The van der Waals surface area contributed by atoms with Crippen molar-refractivity contribution in [3.8, 4) is 5.75 Å². The molecule has 3 aromatic carbocycles. The third-order valence-corrected chi connectivity index (χ3v) is 6.17. The summed E-state index contributed by atoms with van der Waals surface area (Å²) in [5.41, 5.74) is 2.18. The molecule has 1 heterocycles. The van der Waals surface area contributed by atoms with E-state index in [-0.39, 0.29) is 30.8 Å². The molecule has 1 N–H and O–H groups in total. The summed E-state index contributed by atoms with van der Waals surface area (Å²) in [7, 11) is 1.59. The van der Waals surface area contributed by atoms with Gasteiger partial charge in [0.25, 0.3) is 5.91 Å². The van der Waals surface area contributed by atoms with Crippen LogP contribution in [0.2, 0.25) is 0 Å². The number of rotatable bonds is 9. The fourth-order valence-corrected chi connectivity index (χ4v) is 4.27. The number of benzene rings is 3. The average Bonchev–Trinajstić information content (AvgIpc) is 3.13. The highest BCUT2D eigenvalue weighted by Crippen LogP contribution is 2.37. The van der Waals surface area contributed by atoms with Crippen molar-refractivity contribution in [2.45, 2.75) is 32.9 Å². The molecule has 0 saturated heterocycles. The van der Waals surface area contributed by atoms with Gasteiger partial charge in [0.1, 0.15) is 18.3 Å². The molecule has 0 bridgehead atoms. The van der Waals surface area contributed by atoms with Gasteiger partial charge in [-0.25, -0.2) is 0 Å². The number of hydrogen-bond acceptors (Lipinski definition) is 4. The maximum Gasteiger partial charge on any atom is 0.259 e. The van der Waals surface area contributed by atoms with Crippen LogP contribution in [-0.2, 0) is 16.1 Å². The first-order valence-electron chi connectivity index (χ1n) is 11.5. The van der Waals surface area contributed by atoms with E-state index in [9.17, 15) is 14.4 Å². The number of hydrogen-bond donors (Lipinski definition) is 1. The second-order valence-corrected chi connectivity index (χ2v) is 8.41. The second kappa shape index (κ2) is 9.95. The molecule has 7 nitrogen and oxygen atoms in total. The normalized spacial score (nSPS) is 13.1. The average molecular weight is 460 g/mol. The van der Waals surface area contributed by atoms with Crippen molar-refractivity contribution < 1.29 is 19.1 Å².